The highest BCUT2D eigenvalue weighted by molar-refractivity contribution is 8.13. The molecule has 0 spiro atoms. The van der Waals surface area contributed by atoms with Crippen LogP contribution < -0.4 is 5.32 Å². The fourth-order valence-electron chi connectivity index (χ4n) is 1.67. The zero-order valence-corrected chi connectivity index (χ0v) is 9.48. The number of hydrogen-bond acceptors (Lipinski definition) is 4. The molecule has 0 radical (unpaired) electrons. The number of ether oxygens (including phenoxy) is 1. The molecule has 2 rings (SSSR count). The second-order valence-electron chi connectivity index (χ2n) is 4.12. The van der Waals surface area contributed by atoms with E-state index in [0.29, 0.717) is 6.04 Å². The van der Waals surface area contributed by atoms with Gasteiger partial charge in [-0.3, -0.25) is 4.99 Å². The number of amidine groups is 1. The van der Waals surface area contributed by atoms with Crippen LogP contribution in [-0.4, -0.2) is 36.7 Å². The van der Waals surface area contributed by atoms with E-state index in [0.717, 1.165) is 30.8 Å². The number of thioether (sulfide) groups is 1. The minimum absolute atomic E-state index is 0.489. The third-order valence-corrected chi connectivity index (χ3v) is 3.80. The van der Waals surface area contributed by atoms with Gasteiger partial charge in [0.05, 0.1) is 12.6 Å². The summed E-state index contributed by atoms with van der Waals surface area (Å²) in [6.45, 7) is 4.99. The van der Waals surface area contributed by atoms with Crippen LogP contribution in [0.3, 0.4) is 0 Å². The van der Waals surface area contributed by atoms with Crippen molar-refractivity contribution in [2.45, 2.75) is 25.8 Å². The molecule has 3 nitrogen and oxygen atoms in total. The fraction of sp³-hybridized carbons (Fsp3) is 0.900. The number of rotatable bonds is 1. The Bertz CT molecular complexity index is 214. The highest BCUT2D eigenvalue weighted by Gasteiger charge is 2.18. The van der Waals surface area contributed by atoms with Gasteiger partial charge < -0.3 is 10.1 Å². The van der Waals surface area contributed by atoms with E-state index in [1.807, 2.05) is 11.8 Å². The number of aliphatic imine (C=N–C) groups is 1. The quantitative estimate of drug-likeness (QED) is 0.718. The van der Waals surface area contributed by atoms with Crippen molar-refractivity contribution in [3.63, 3.8) is 0 Å². The van der Waals surface area contributed by atoms with Gasteiger partial charge in [-0.2, -0.15) is 0 Å². The standard InChI is InChI=1S/C10H18N2OS/c1-8-5-11-10(14-7-8)12-9-3-2-4-13-6-9/h8-9H,2-7H2,1H3,(H,11,12). The van der Waals surface area contributed by atoms with Crippen molar-refractivity contribution < 1.29 is 4.74 Å². The van der Waals surface area contributed by atoms with Crippen LogP contribution in [0.5, 0.6) is 0 Å². The van der Waals surface area contributed by atoms with E-state index in [1.54, 1.807) is 0 Å². The Morgan fingerprint density at radius 2 is 2.50 bits per heavy atom. The first-order chi connectivity index (χ1) is 6.84. The molecule has 0 aromatic carbocycles. The number of nitrogens with one attached hydrogen (secondary N) is 1. The monoisotopic (exact) mass is 214 g/mol. The minimum atomic E-state index is 0.489. The summed E-state index contributed by atoms with van der Waals surface area (Å²) in [5.41, 5.74) is 0. The highest BCUT2D eigenvalue weighted by atomic mass is 32.2. The molecule has 1 fully saturated rings. The van der Waals surface area contributed by atoms with Crippen molar-refractivity contribution in [2.75, 3.05) is 25.5 Å². The number of nitrogens with zero attached hydrogens (tertiary/aromatic N) is 1. The van der Waals surface area contributed by atoms with Crippen molar-refractivity contribution in [2.24, 2.45) is 10.9 Å². The predicted molar refractivity (Wildman–Crippen MR) is 60.9 cm³/mol. The van der Waals surface area contributed by atoms with Crippen LogP contribution >= 0.6 is 11.8 Å². The largest absolute Gasteiger partial charge is 0.379 e. The van der Waals surface area contributed by atoms with E-state index in [4.69, 9.17) is 4.74 Å². The van der Waals surface area contributed by atoms with Crippen LogP contribution in [0.1, 0.15) is 19.8 Å². The van der Waals surface area contributed by atoms with E-state index in [2.05, 4.69) is 17.2 Å². The molecule has 14 heavy (non-hydrogen) atoms. The van der Waals surface area contributed by atoms with E-state index >= 15 is 0 Å². The van der Waals surface area contributed by atoms with Gasteiger partial charge in [-0.15, -0.1) is 0 Å². The lowest BCUT2D eigenvalue weighted by Gasteiger charge is -2.26. The molecule has 2 atom stereocenters. The molecule has 2 aliphatic rings. The molecule has 2 heterocycles. The Labute approximate surface area is 89.7 Å². The Morgan fingerprint density at radius 3 is 3.14 bits per heavy atom. The molecule has 2 unspecified atom stereocenters. The van der Waals surface area contributed by atoms with Gasteiger partial charge in [-0.25, -0.2) is 0 Å². The Balaban J connectivity index is 1.78. The second kappa shape index (κ2) is 5.03. The van der Waals surface area contributed by atoms with Gasteiger partial charge in [0.25, 0.3) is 0 Å². The maximum Gasteiger partial charge on any atom is 0.156 e. The lowest BCUT2D eigenvalue weighted by atomic mass is 10.1. The van der Waals surface area contributed by atoms with Crippen molar-refractivity contribution >= 4 is 16.9 Å². The van der Waals surface area contributed by atoms with Crippen LogP contribution in [0, 0.1) is 5.92 Å². The molecular formula is C10H18N2OS. The Kier molecular flexibility index (Phi) is 3.70. The molecular weight excluding hydrogens is 196 g/mol. The highest BCUT2D eigenvalue weighted by Crippen LogP contribution is 2.17. The first kappa shape index (κ1) is 10.3. The summed E-state index contributed by atoms with van der Waals surface area (Å²) in [5.74, 6) is 1.92. The zero-order chi connectivity index (χ0) is 9.80. The third kappa shape index (κ3) is 2.89. The third-order valence-electron chi connectivity index (χ3n) is 2.54. The molecule has 1 saturated heterocycles. The summed E-state index contributed by atoms with van der Waals surface area (Å²) in [5, 5.41) is 4.59. The summed E-state index contributed by atoms with van der Waals surface area (Å²) in [7, 11) is 0. The molecule has 0 saturated carbocycles. The van der Waals surface area contributed by atoms with E-state index < -0.39 is 0 Å². The fourth-order valence-corrected chi connectivity index (χ4v) is 2.64. The van der Waals surface area contributed by atoms with Crippen molar-refractivity contribution in [1.82, 2.24) is 5.32 Å². The minimum Gasteiger partial charge on any atom is -0.379 e. The van der Waals surface area contributed by atoms with E-state index in [1.165, 1.54) is 18.6 Å². The topological polar surface area (TPSA) is 33.6 Å². The molecule has 80 valence electrons. The normalized spacial score (nSPS) is 33.6. The van der Waals surface area contributed by atoms with Crippen LogP contribution in [0.15, 0.2) is 4.99 Å². The van der Waals surface area contributed by atoms with Crippen LogP contribution in [0.4, 0.5) is 0 Å². The summed E-state index contributed by atoms with van der Waals surface area (Å²) < 4.78 is 5.42. The maximum absolute atomic E-state index is 5.42. The van der Waals surface area contributed by atoms with Crippen LogP contribution in [-0.2, 0) is 4.74 Å². The van der Waals surface area contributed by atoms with E-state index in [-0.39, 0.29) is 0 Å². The first-order valence-corrected chi connectivity index (χ1v) is 6.34. The molecule has 0 aromatic rings. The zero-order valence-electron chi connectivity index (χ0n) is 8.66. The van der Waals surface area contributed by atoms with Crippen LogP contribution in [0.2, 0.25) is 0 Å². The van der Waals surface area contributed by atoms with Gasteiger partial charge in [-0.05, 0) is 18.8 Å². The summed E-state index contributed by atoms with van der Waals surface area (Å²) in [4.78, 5) is 4.52. The van der Waals surface area contributed by atoms with Gasteiger partial charge in [0, 0.05) is 18.9 Å². The van der Waals surface area contributed by atoms with Gasteiger partial charge in [0.15, 0.2) is 5.17 Å². The molecule has 0 amide bonds. The summed E-state index contributed by atoms with van der Waals surface area (Å²) >= 11 is 1.85. The molecule has 2 aliphatic heterocycles. The van der Waals surface area contributed by atoms with E-state index in [9.17, 15) is 0 Å². The molecule has 4 heteroatoms. The molecule has 1 N–H and O–H groups in total. The predicted octanol–water partition coefficient (Wildman–Crippen LogP) is 1.49. The maximum atomic E-state index is 5.42. The molecule has 0 bridgehead atoms. The Morgan fingerprint density at radius 1 is 1.57 bits per heavy atom. The van der Waals surface area contributed by atoms with Crippen molar-refractivity contribution in [3.8, 4) is 0 Å². The smallest absolute Gasteiger partial charge is 0.156 e. The molecule has 0 aliphatic carbocycles. The van der Waals surface area contributed by atoms with Gasteiger partial charge in [-0.1, -0.05) is 18.7 Å². The first-order valence-electron chi connectivity index (χ1n) is 5.36. The van der Waals surface area contributed by atoms with Crippen LogP contribution in [0.25, 0.3) is 0 Å². The molecule has 0 aromatic heterocycles. The lowest BCUT2D eigenvalue weighted by molar-refractivity contribution is 0.0766. The number of hydrogen-bond donors (Lipinski definition) is 1. The summed E-state index contributed by atoms with van der Waals surface area (Å²) in [6.07, 6.45) is 2.39. The average Bonchev–Trinajstić information content (AvgIpc) is 2.23. The lowest BCUT2D eigenvalue weighted by Crippen LogP contribution is -2.40. The summed E-state index contributed by atoms with van der Waals surface area (Å²) in [6, 6.07) is 0.489. The van der Waals surface area contributed by atoms with Crippen molar-refractivity contribution in [3.05, 3.63) is 0 Å². The second-order valence-corrected chi connectivity index (χ2v) is 5.13. The average molecular weight is 214 g/mol. The Hall–Kier alpha value is -0.220. The van der Waals surface area contributed by atoms with Gasteiger partial charge in [0.1, 0.15) is 0 Å². The van der Waals surface area contributed by atoms with Crippen molar-refractivity contribution in [1.29, 1.82) is 0 Å². The van der Waals surface area contributed by atoms with Gasteiger partial charge in [0.2, 0.25) is 0 Å². The van der Waals surface area contributed by atoms with Gasteiger partial charge >= 0.3 is 0 Å². The SMILES string of the molecule is CC1CN=C(NC2CCCOC2)SC1.